The van der Waals surface area contributed by atoms with Crippen LogP contribution >= 0.6 is 11.8 Å². The van der Waals surface area contributed by atoms with Gasteiger partial charge < -0.3 is 5.32 Å². The van der Waals surface area contributed by atoms with E-state index in [-0.39, 0.29) is 0 Å². The van der Waals surface area contributed by atoms with Gasteiger partial charge in [0.05, 0.1) is 4.90 Å². The Bertz CT molecular complexity index is 545. The van der Waals surface area contributed by atoms with Gasteiger partial charge in [-0.25, -0.2) is 12.7 Å². The van der Waals surface area contributed by atoms with E-state index in [4.69, 9.17) is 0 Å². The van der Waals surface area contributed by atoms with Crippen molar-refractivity contribution in [3.05, 3.63) is 29.3 Å². The topological polar surface area (TPSA) is 49.4 Å². The van der Waals surface area contributed by atoms with E-state index in [9.17, 15) is 8.42 Å². The van der Waals surface area contributed by atoms with Gasteiger partial charge in [-0.15, -0.1) is 0 Å². The molecule has 0 atom stereocenters. The number of nitrogens with zero attached hydrogens (tertiary/aromatic N) is 1. The predicted molar refractivity (Wildman–Crippen MR) is 91.4 cm³/mol. The molecular weight excluding hydrogens is 304 g/mol. The number of rotatable bonds is 9. The number of aryl methyl sites for hydroxylation is 1. The summed E-state index contributed by atoms with van der Waals surface area (Å²) >= 11 is 1.64. The van der Waals surface area contributed by atoms with Crippen LogP contribution in [0.1, 0.15) is 24.5 Å². The van der Waals surface area contributed by atoms with Gasteiger partial charge in [0.15, 0.2) is 0 Å². The second-order valence-electron chi connectivity index (χ2n) is 5.08. The number of nitrogens with one attached hydrogen (secondary N) is 1. The fourth-order valence-electron chi connectivity index (χ4n) is 1.92. The van der Waals surface area contributed by atoms with Gasteiger partial charge >= 0.3 is 0 Å². The Morgan fingerprint density at radius 3 is 2.67 bits per heavy atom. The molecule has 120 valence electrons. The monoisotopic (exact) mass is 330 g/mol. The molecule has 1 aromatic carbocycles. The SMILES string of the molecule is CCCNCc1cc(S(=O)(=O)N(C)CCSC)ccc1C. The quantitative estimate of drug-likeness (QED) is 0.707. The molecule has 0 aliphatic carbocycles. The molecule has 0 aliphatic rings. The molecule has 0 radical (unpaired) electrons. The van der Waals surface area contributed by atoms with Crippen molar-refractivity contribution in [2.24, 2.45) is 0 Å². The molecule has 6 heteroatoms. The molecule has 0 saturated carbocycles. The zero-order chi connectivity index (χ0) is 15.9. The van der Waals surface area contributed by atoms with Crippen molar-refractivity contribution in [1.82, 2.24) is 9.62 Å². The predicted octanol–water partition coefficient (Wildman–Crippen LogP) is 2.48. The minimum absolute atomic E-state index is 0.380. The van der Waals surface area contributed by atoms with Crippen molar-refractivity contribution in [2.75, 3.05) is 32.1 Å². The van der Waals surface area contributed by atoms with Crippen LogP contribution in [0.3, 0.4) is 0 Å². The molecule has 0 unspecified atom stereocenters. The zero-order valence-corrected chi connectivity index (χ0v) is 15.0. The van der Waals surface area contributed by atoms with E-state index in [0.29, 0.717) is 18.0 Å². The van der Waals surface area contributed by atoms with Gasteiger partial charge in [-0.2, -0.15) is 11.8 Å². The molecule has 1 aromatic rings. The van der Waals surface area contributed by atoms with Gasteiger partial charge in [0, 0.05) is 25.9 Å². The average molecular weight is 331 g/mol. The van der Waals surface area contributed by atoms with Crippen molar-refractivity contribution >= 4 is 21.8 Å². The molecule has 0 amide bonds. The summed E-state index contributed by atoms with van der Waals surface area (Å²) in [6.07, 6.45) is 3.04. The summed E-state index contributed by atoms with van der Waals surface area (Å²) < 4.78 is 26.5. The van der Waals surface area contributed by atoms with Crippen LogP contribution in [0.4, 0.5) is 0 Å². The summed E-state index contributed by atoms with van der Waals surface area (Å²) in [7, 11) is -1.75. The highest BCUT2D eigenvalue weighted by atomic mass is 32.2. The van der Waals surface area contributed by atoms with E-state index in [0.717, 1.165) is 29.8 Å². The fraction of sp³-hybridized carbons (Fsp3) is 0.600. The molecule has 0 saturated heterocycles. The molecule has 0 aliphatic heterocycles. The van der Waals surface area contributed by atoms with Crippen molar-refractivity contribution in [1.29, 1.82) is 0 Å². The molecule has 1 rings (SSSR count). The van der Waals surface area contributed by atoms with Crippen LogP contribution in [0.5, 0.6) is 0 Å². The lowest BCUT2D eigenvalue weighted by molar-refractivity contribution is 0.488. The fourth-order valence-corrected chi connectivity index (χ4v) is 3.71. The summed E-state index contributed by atoms with van der Waals surface area (Å²) in [6, 6.07) is 5.38. The first kappa shape index (κ1) is 18.5. The van der Waals surface area contributed by atoms with E-state index in [1.165, 1.54) is 4.31 Å². The first-order valence-corrected chi connectivity index (χ1v) is 10.0. The van der Waals surface area contributed by atoms with Crippen LogP contribution in [0, 0.1) is 6.92 Å². The van der Waals surface area contributed by atoms with Crippen LogP contribution in [0.15, 0.2) is 23.1 Å². The van der Waals surface area contributed by atoms with Gasteiger partial charge in [-0.3, -0.25) is 0 Å². The molecule has 0 bridgehead atoms. The van der Waals surface area contributed by atoms with E-state index in [1.54, 1.807) is 30.9 Å². The van der Waals surface area contributed by atoms with Crippen LogP contribution in [0.2, 0.25) is 0 Å². The lowest BCUT2D eigenvalue weighted by Gasteiger charge is -2.18. The van der Waals surface area contributed by atoms with Gasteiger partial charge in [0.1, 0.15) is 0 Å². The smallest absolute Gasteiger partial charge is 0.242 e. The Labute approximate surface area is 133 Å². The molecule has 4 nitrogen and oxygen atoms in total. The first-order chi connectivity index (χ1) is 9.93. The van der Waals surface area contributed by atoms with E-state index >= 15 is 0 Å². The van der Waals surface area contributed by atoms with Crippen LogP contribution in [0.25, 0.3) is 0 Å². The standard InChI is InChI=1S/C15H26N2O2S2/c1-5-8-16-12-14-11-15(7-6-13(14)2)21(18,19)17(3)9-10-20-4/h6-7,11,16H,5,8-10,12H2,1-4H3. The highest BCUT2D eigenvalue weighted by Crippen LogP contribution is 2.19. The largest absolute Gasteiger partial charge is 0.313 e. The Kier molecular flexibility index (Phi) is 7.73. The highest BCUT2D eigenvalue weighted by molar-refractivity contribution is 7.98. The Hall–Kier alpha value is -0.560. The van der Waals surface area contributed by atoms with Gasteiger partial charge in [-0.1, -0.05) is 13.0 Å². The lowest BCUT2D eigenvalue weighted by atomic mass is 10.1. The Morgan fingerprint density at radius 2 is 2.05 bits per heavy atom. The van der Waals surface area contributed by atoms with E-state index < -0.39 is 10.0 Å². The highest BCUT2D eigenvalue weighted by Gasteiger charge is 2.20. The van der Waals surface area contributed by atoms with Crippen LogP contribution in [-0.4, -0.2) is 44.9 Å². The maximum atomic E-state index is 12.5. The minimum atomic E-state index is -3.39. The second-order valence-corrected chi connectivity index (χ2v) is 8.11. The van der Waals surface area contributed by atoms with Crippen LogP contribution < -0.4 is 5.32 Å². The van der Waals surface area contributed by atoms with Crippen molar-refractivity contribution in [3.8, 4) is 0 Å². The van der Waals surface area contributed by atoms with Crippen LogP contribution in [-0.2, 0) is 16.6 Å². The zero-order valence-electron chi connectivity index (χ0n) is 13.3. The summed E-state index contributed by atoms with van der Waals surface area (Å²) in [5.74, 6) is 0.798. The maximum absolute atomic E-state index is 12.5. The lowest BCUT2D eigenvalue weighted by Crippen LogP contribution is -2.29. The van der Waals surface area contributed by atoms with Gasteiger partial charge in [-0.05, 0) is 49.4 Å². The normalized spacial score (nSPS) is 12.0. The molecular formula is C15H26N2O2S2. The number of sulfonamides is 1. The third-order valence-electron chi connectivity index (χ3n) is 3.38. The average Bonchev–Trinajstić information content (AvgIpc) is 2.46. The van der Waals surface area contributed by atoms with Crippen molar-refractivity contribution in [2.45, 2.75) is 31.7 Å². The number of thioether (sulfide) groups is 1. The van der Waals surface area contributed by atoms with E-state index in [1.807, 2.05) is 19.2 Å². The second kappa shape index (κ2) is 8.78. The summed E-state index contributed by atoms with van der Waals surface area (Å²) in [4.78, 5) is 0.380. The number of benzene rings is 1. The molecule has 0 spiro atoms. The first-order valence-electron chi connectivity index (χ1n) is 7.19. The summed E-state index contributed by atoms with van der Waals surface area (Å²) in [5.41, 5.74) is 2.16. The molecule has 21 heavy (non-hydrogen) atoms. The minimum Gasteiger partial charge on any atom is -0.313 e. The third kappa shape index (κ3) is 5.29. The van der Waals surface area contributed by atoms with E-state index in [2.05, 4.69) is 12.2 Å². The Balaban J connectivity index is 2.94. The maximum Gasteiger partial charge on any atom is 0.242 e. The molecule has 1 N–H and O–H groups in total. The van der Waals surface area contributed by atoms with Crippen molar-refractivity contribution in [3.63, 3.8) is 0 Å². The third-order valence-corrected chi connectivity index (χ3v) is 5.82. The Morgan fingerprint density at radius 1 is 1.33 bits per heavy atom. The molecule has 0 heterocycles. The molecule has 0 aromatic heterocycles. The summed E-state index contributed by atoms with van der Waals surface area (Å²) in [5, 5.41) is 3.32. The van der Waals surface area contributed by atoms with Gasteiger partial charge in [0.25, 0.3) is 0 Å². The number of hydrogen-bond acceptors (Lipinski definition) is 4. The summed E-state index contributed by atoms with van der Waals surface area (Å²) in [6.45, 7) is 6.29. The van der Waals surface area contributed by atoms with Gasteiger partial charge in [0.2, 0.25) is 10.0 Å². The molecule has 0 fully saturated rings. The number of hydrogen-bond donors (Lipinski definition) is 1. The van der Waals surface area contributed by atoms with Crippen molar-refractivity contribution < 1.29 is 8.42 Å².